The van der Waals surface area contributed by atoms with E-state index in [0.29, 0.717) is 6.04 Å². The van der Waals surface area contributed by atoms with Crippen LogP contribution in [0.25, 0.3) is 0 Å². The second kappa shape index (κ2) is 7.66. The van der Waals surface area contributed by atoms with Crippen molar-refractivity contribution in [3.05, 3.63) is 28.8 Å². The Morgan fingerprint density at radius 2 is 2.05 bits per heavy atom. The molecule has 0 saturated heterocycles. The van der Waals surface area contributed by atoms with Crippen molar-refractivity contribution in [1.82, 2.24) is 15.5 Å². The molecule has 0 atom stereocenters. The molecule has 0 aliphatic heterocycles. The number of thioether (sulfide) groups is 1. The number of nitrogens with zero attached hydrogens (tertiary/aromatic N) is 2. The predicted molar refractivity (Wildman–Crippen MR) is 89.2 cm³/mol. The summed E-state index contributed by atoms with van der Waals surface area (Å²) in [6, 6.07) is 6.44. The van der Waals surface area contributed by atoms with Crippen LogP contribution in [0.3, 0.4) is 0 Å². The predicted octanol–water partition coefficient (Wildman–Crippen LogP) is 4.56. The quantitative estimate of drug-likeness (QED) is 0.777. The largest absolute Gasteiger partial charge is 0.310 e. The molecule has 0 radical (unpaired) electrons. The van der Waals surface area contributed by atoms with Crippen LogP contribution in [0.1, 0.15) is 19.4 Å². The molecular formula is C13H16ClN3S3. The summed E-state index contributed by atoms with van der Waals surface area (Å²) in [5.74, 6) is 0. The van der Waals surface area contributed by atoms with Gasteiger partial charge in [0.25, 0.3) is 0 Å². The maximum Gasteiger partial charge on any atom is 0.179 e. The number of hydrogen-bond donors (Lipinski definition) is 1. The molecule has 0 aliphatic carbocycles. The van der Waals surface area contributed by atoms with Crippen LogP contribution in [0.5, 0.6) is 0 Å². The van der Waals surface area contributed by atoms with E-state index in [-0.39, 0.29) is 0 Å². The molecule has 2 rings (SSSR count). The average molecular weight is 346 g/mol. The lowest BCUT2D eigenvalue weighted by Crippen LogP contribution is -2.22. The Balaban J connectivity index is 2.20. The molecule has 20 heavy (non-hydrogen) atoms. The molecule has 0 aliphatic rings. The first-order chi connectivity index (χ1) is 9.60. The van der Waals surface area contributed by atoms with E-state index in [1.54, 1.807) is 34.9 Å². The first-order valence-corrected chi connectivity index (χ1v) is 9.40. The Kier molecular flexibility index (Phi) is 6.17. The molecular weight excluding hydrogens is 330 g/mol. The van der Waals surface area contributed by atoms with Gasteiger partial charge in [0.15, 0.2) is 8.68 Å². The zero-order valence-electron chi connectivity index (χ0n) is 11.5. The molecule has 0 unspecified atom stereocenters. The summed E-state index contributed by atoms with van der Waals surface area (Å²) in [6.07, 6.45) is 2.00. The van der Waals surface area contributed by atoms with E-state index >= 15 is 0 Å². The van der Waals surface area contributed by atoms with Crippen molar-refractivity contribution in [3.63, 3.8) is 0 Å². The summed E-state index contributed by atoms with van der Waals surface area (Å²) in [7, 11) is 0. The van der Waals surface area contributed by atoms with Crippen molar-refractivity contribution in [2.24, 2.45) is 0 Å². The second-order valence-corrected chi connectivity index (χ2v) is 8.10. The van der Waals surface area contributed by atoms with Crippen molar-refractivity contribution >= 4 is 46.5 Å². The van der Waals surface area contributed by atoms with E-state index in [9.17, 15) is 0 Å². The molecule has 3 nitrogen and oxygen atoms in total. The summed E-state index contributed by atoms with van der Waals surface area (Å²) in [5, 5.41) is 12.5. The van der Waals surface area contributed by atoms with E-state index < -0.39 is 0 Å². The van der Waals surface area contributed by atoms with E-state index in [4.69, 9.17) is 11.6 Å². The standard InChI is InChI=1S/C13H16ClN3S3/c1-8(2)15-7-9-5-4-6-10(14)11(9)19-13-17-16-12(18-3)20-13/h4-6,8,15H,7H2,1-3H3. The van der Waals surface area contributed by atoms with Gasteiger partial charge < -0.3 is 5.32 Å². The van der Waals surface area contributed by atoms with Gasteiger partial charge in [0.2, 0.25) is 0 Å². The number of halogens is 1. The number of benzene rings is 1. The highest BCUT2D eigenvalue weighted by Crippen LogP contribution is 2.38. The lowest BCUT2D eigenvalue weighted by atomic mass is 10.2. The first-order valence-electron chi connectivity index (χ1n) is 6.16. The second-order valence-electron chi connectivity index (χ2n) is 4.40. The van der Waals surface area contributed by atoms with Gasteiger partial charge in [0.1, 0.15) is 0 Å². The van der Waals surface area contributed by atoms with Crippen molar-refractivity contribution in [3.8, 4) is 0 Å². The lowest BCUT2D eigenvalue weighted by Gasteiger charge is -2.12. The van der Waals surface area contributed by atoms with Gasteiger partial charge in [-0.25, -0.2) is 0 Å². The van der Waals surface area contributed by atoms with Crippen molar-refractivity contribution in [1.29, 1.82) is 0 Å². The van der Waals surface area contributed by atoms with E-state index in [1.807, 2.05) is 18.4 Å². The highest BCUT2D eigenvalue weighted by Gasteiger charge is 2.12. The number of nitrogens with one attached hydrogen (secondary N) is 1. The van der Waals surface area contributed by atoms with Gasteiger partial charge in [-0.1, -0.05) is 72.4 Å². The maximum absolute atomic E-state index is 6.34. The fourth-order valence-corrected chi connectivity index (χ4v) is 4.35. The third-order valence-electron chi connectivity index (χ3n) is 2.50. The summed E-state index contributed by atoms with van der Waals surface area (Å²) in [4.78, 5) is 1.06. The summed E-state index contributed by atoms with van der Waals surface area (Å²) in [6.45, 7) is 5.06. The van der Waals surface area contributed by atoms with Crippen LogP contribution >= 0.6 is 46.5 Å². The Hall–Kier alpha value is -0.270. The monoisotopic (exact) mass is 345 g/mol. The van der Waals surface area contributed by atoms with Gasteiger partial charge in [-0.3, -0.25) is 0 Å². The number of rotatable bonds is 6. The molecule has 1 heterocycles. The van der Waals surface area contributed by atoms with Crippen LogP contribution in [0.2, 0.25) is 5.02 Å². The van der Waals surface area contributed by atoms with Crippen molar-refractivity contribution < 1.29 is 0 Å². The Bertz CT molecular complexity index is 572. The van der Waals surface area contributed by atoms with Crippen LogP contribution in [0, 0.1) is 0 Å². The molecule has 0 saturated carbocycles. The minimum absolute atomic E-state index is 0.441. The molecule has 0 amide bonds. The smallest absolute Gasteiger partial charge is 0.179 e. The molecule has 0 fully saturated rings. The first kappa shape index (κ1) is 16.1. The Morgan fingerprint density at radius 1 is 1.30 bits per heavy atom. The molecule has 1 N–H and O–H groups in total. The SMILES string of the molecule is CSc1nnc(Sc2c(Cl)cccc2CNC(C)C)s1. The van der Waals surface area contributed by atoms with Crippen molar-refractivity contribution in [2.45, 2.75) is 40.0 Å². The minimum atomic E-state index is 0.441. The van der Waals surface area contributed by atoms with E-state index in [0.717, 1.165) is 25.1 Å². The molecule has 7 heteroatoms. The van der Waals surface area contributed by atoms with Gasteiger partial charge in [-0.15, -0.1) is 10.2 Å². The lowest BCUT2D eigenvalue weighted by molar-refractivity contribution is 0.585. The van der Waals surface area contributed by atoms with Gasteiger partial charge in [-0.2, -0.15) is 0 Å². The highest BCUT2D eigenvalue weighted by atomic mass is 35.5. The molecule has 0 spiro atoms. The average Bonchev–Trinajstić information content (AvgIpc) is 2.87. The summed E-state index contributed by atoms with van der Waals surface area (Å²) < 4.78 is 1.90. The van der Waals surface area contributed by atoms with E-state index in [1.165, 1.54) is 5.56 Å². The van der Waals surface area contributed by atoms with Gasteiger partial charge in [-0.05, 0) is 17.9 Å². The van der Waals surface area contributed by atoms with Crippen LogP contribution in [-0.4, -0.2) is 22.5 Å². The van der Waals surface area contributed by atoms with Gasteiger partial charge in [0.05, 0.1) is 5.02 Å². The molecule has 1 aromatic carbocycles. The zero-order chi connectivity index (χ0) is 14.5. The Morgan fingerprint density at radius 3 is 2.70 bits per heavy atom. The summed E-state index contributed by atoms with van der Waals surface area (Å²) >= 11 is 11.1. The van der Waals surface area contributed by atoms with Crippen LogP contribution < -0.4 is 5.32 Å². The van der Waals surface area contributed by atoms with Gasteiger partial charge in [0, 0.05) is 17.5 Å². The molecule has 108 valence electrons. The topological polar surface area (TPSA) is 37.8 Å². The third kappa shape index (κ3) is 4.36. The maximum atomic E-state index is 6.34. The third-order valence-corrected chi connectivity index (χ3v) is 6.06. The normalized spacial score (nSPS) is 11.2. The highest BCUT2D eigenvalue weighted by molar-refractivity contribution is 8.03. The number of aromatic nitrogens is 2. The number of hydrogen-bond acceptors (Lipinski definition) is 6. The van der Waals surface area contributed by atoms with Crippen LogP contribution in [0.4, 0.5) is 0 Å². The molecule has 2 aromatic rings. The minimum Gasteiger partial charge on any atom is -0.310 e. The summed E-state index contributed by atoms with van der Waals surface area (Å²) in [5.41, 5.74) is 1.19. The fourth-order valence-electron chi connectivity index (χ4n) is 1.53. The van der Waals surface area contributed by atoms with E-state index in [2.05, 4.69) is 35.4 Å². The fraction of sp³-hybridized carbons (Fsp3) is 0.385. The zero-order valence-corrected chi connectivity index (χ0v) is 14.7. The van der Waals surface area contributed by atoms with Gasteiger partial charge >= 0.3 is 0 Å². The van der Waals surface area contributed by atoms with Crippen molar-refractivity contribution in [2.75, 3.05) is 6.26 Å². The van der Waals surface area contributed by atoms with Crippen LogP contribution in [0.15, 0.2) is 31.8 Å². The Labute approximate surface area is 136 Å². The molecule has 0 bridgehead atoms. The van der Waals surface area contributed by atoms with Crippen LogP contribution in [-0.2, 0) is 6.54 Å². The molecule has 1 aromatic heterocycles.